The van der Waals surface area contributed by atoms with Crippen molar-refractivity contribution in [2.75, 3.05) is 4.90 Å². The van der Waals surface area contributed by atoms with Crippen LogP contribution in [0.4, 0.5) is 17.1 Å². The fourth-order valence-electron chi connectivity index (χ4n) is 17.4. The summed E-state index contributed by atoms with van der Waals surface area (Å²) in [6.07, 6.45) is 14.0. The summed E-state index contributed by atoms with van der Waals surface area (Å²) >= 11 is 0. The number of benzene rings is 8. The summed E-state index contributed by atoms with van der Waals surface area (Å²) in [5.74, 6) is 6.29. The van der Waals surface area contributed by atoms with Crippen molar-refractivity contribution in [2.45, 2.75) is 93.3 Å². The molecule has 19 rings (SSSR count). The number of anilines is 3. The van der Waals surface area contributed by atoms with Gasteiger partial charge in [-0.1, -0.05) is 121 Å². The van der Waals surface area contributed by atoms with Crippen molar-refractivity contribution in [2.24, 2.45) is 23.7 Å². The second kappa shape index (κ2) is 13.8. The maximum Gasteiger partial charge on any atom is 0.137 e. The number of hydrogen-bond donors (Lipinski definition) is 0. The highest BCUT2D eigenvalue weighted by Crippen LogP contribution is 2.68. The van der Waals surface area contributed by atoms with Gasteiger partial charge in [-0.15, -0.1) is 0 Å². The van der Waals surface area contributed by atoms with Crippen LogP contribution in [0.3, 0.4) is 0 Å². The zero-order valence-corrected chi connectivity index (χ0v) is 39.1. The normalized spacial score (nSPS) is 27.8. The number of nitrogens with zero attached hydrogens (tertiary/aromatic N) is 1. The van der Waals surface area contributed by atoms with Gasteiger partial charge in [0.25, 0.3) is 0 Å². The Labute approximate surface area is 405 Å². The molecule has 1 aromatic heterocycles. The summed E-state index contributed by atoms with van der Waals surface area (Å²) in [6, 6.07) is 63.7. The van der Waals surface area contributed by atoms with Crippen LogP contribution in [0.15, 0.2) is 168 Å². The van der Waals surface area contributed by atoms with Gasteiger partial charge >= 0.3 is 0 Å². The maximum atomic E-state index is 6.66. The fourth-order valence-corrected chi connectivity index (χ4v) is 17.4. The Hall–Kier alpha value is -6.64. The van der Waals surface area contributed by atoms with Crippen molar-refractivity contribution in [3.63, 3.8) is 0 Å². The van der Waals surface area contributed by atoms with Crippen LogP contribution in [0, 0.1) is 23.7 Å². The molecule has 0 radical (unpaired) electrons. The molecular formula is C67H55NO. The number of para-hydroxylation sites is 2. The molecule has 4 saturated carbocycles. The zero-order valence-electron chi connectivity index (χ0n) is 39.1. The molecule has 8 bridgehead atoms. The Morgan fingerprint density at radius 3 is 1.51 bits per heavy atom. The topological polar surface area (TPSA) is 16.4 Å². The highest BCUT2D eigenvalue weighted by molar-refractivity contribution is 6.06. The Morgan fingerprint density at radius 1 is 0.348 bits per heavy atom. The van der Waals surface area contributed by atoms with Crippen molar-refractivity contribution in [1.82, 2.24) is 0 Å². The molecule has 4 unspecified atom stereocenters. The fraction of sp³-hybridized carbons (Fsp3) is 0.284. The largest absolute Gasteiger partial charge is 0.456 e. The minimum Gasteiger partial charge on any atom is -0.456 e. The molecule has 69 heavy (non-hydrogen) atoms. The van der Waals surface area contributed by atoms with E-state index in [1.165, 1.54) is 114 Å². The minimum absolute atomic E-state index is 0.434. The molecular weight excluding hydrogens is 835 g/mol. The van der Waals surface area contributed by atoms with Gasteiger partial charge in [0.05, 0.1) is 11.1 Å². The standard InChI is InChI=1S/C67H55NO/c1-2-10-42(11-3-1)49-12-5-8-16-64(49)68(48-19-21-53-52-14-6-9-17-65(52)69-66(53)33-48)47-18-20-51-50-13-4-7-15-60(50)67(61(51)32-47)62-36-56-45-28-38-22-39(29-45)25-43(24-38)54(56)34-58(62)59-35-55-44-26-40-23-41(27-44)31-46(30-40)57(55)37-63(59)67/h1-21,32-41,43-46H,22-31H2. The van der Waals surface area contributed by atoms with Crippen molar-refractivity contribution in [3.8, 4) is 33.4 Å². The van der Waals surface area contributed by atoms with Crippen molar-refractivity contribution < 1.29 is 4.42 Å². The molecule has 4 fully saturated rings. The average molecular weight is 890 g/mol. The lowest BCUT2D eigenvalue weighted by molar-refractivity contribution is 0.165. The lowest BCUT2D eigenvalue weighted by Crippen LogP contribution is -2.27. The van der Waals surface area contributed by atoms with E-state index in [1.807, 2.05) is 0 Å². The first kappa shape index (κ1) is 38.2. The first-order valence-electron chi connectivity index (χ1n) is 26.6. The summed E-state index contributed by atoms with van der Waals surface area (Å²) in [5, 5.41) is 2.30. The van der Waals surface area contributed by atoms with Gasteiger partial charge in [-0.2, -0.15) is 0 Å². The van der Waals surface area contributed by atoms with Gasteiger partial charge in [-0.3, -0.25) is 0 Å². The predicted octanol–water partition coefficient (Wildman–Crippen LogP) is 17.8. The van der Waals surface area contributed by atoms with Gasteiger partial charge in [0, 0.05) is 33.8 Å². The third-order valence-corrected chi connectivity index (χ3v) is 19.7. The van der Waals surface area contributed by atoms with E-state index in [0.29, 0.717) is 23.7 Å². The SMILES string of the molecule is c1ccc(-c2ccccc2N(c2ccc3c(c2)C2(c4ccccc4-3)c3cc4c(cc3-c3cc5c(cc32)C2CC3CC(CC5C3)C2)C2CC3CC(C2)CC4C3)c2ccc3c(c2)oc2ccccc23)cc1. The second-order valence-corrected chi connectivity index (χ2v) is 23.2. The number of hydrogen-bond acceptors (Lipinski definition) is 2. The van der Waals surface area contributed by atoms with Crippen LogP contribution in [0.2, 0.25) is 0 Å². The van der Waals surface area contributed by atoms with Crippen LogP contribution in [0.5, 0.6) is 0 Å². The molecule has 10 aliphatic rings. The van der Waals surface area contributed by atoms with Crippen LogP contribution in [-0.2, 0) is 5.41 Å². The molecule has 1 heterocycles. The molecule has 10 aliphatic carbocycles. The van der Waals surface area contributed by atoms with Crippen LogP contribution >= 0.6 is 0 Å². The van der Waals surface area contributed by atoms with E-state index in [1.54, 1.807) is 33.4 Å². The van der Waals surface area contributed by atoms with Crippen molar-refractivity contribution >= 4 is 39.0 Å². The summed E-state index contributed by atoms with van der Waals surface area (Å²) < 4.78 is 6.66. The quantitative estimate of drug-likeness (QED) is 0.175. The number of rotatable bonds is 4. The molecule has 2 nitrogen and oxygen atoms in total. The minimum atomic E-state index is -0.434. The van der Waals surface area contributed by atoms with Crippen LogP contribution in [-0.4, -0.2) is 0 Å². The van der Waals surface area contributed by atoms with E-state index in [9.17, 15) is 0 Å². The lowest BCUT2D eigenvalue weighted by Gasteiger charge is -2.38. The van der Waals surface area contributed by atoms with E-state index >= 15 is 0 Å². The van der Waals surface area contributed by atoms with Crippen LogP contribution in [0.25, 0.3) is 55.3 Å². The molecule has 0 saturated heterocycles. The van der Waals surface area contributed by atoms with E-state index in [0.717, 1.165) is 57.0 Å². The van der Waals surface area contributed by atoms with Gasteiger partial charge < -0.3 is 9.32 Å². The molecule has 2 heteroatoms. The van der Waals surface area contributed by atoms with Crippen LogP contribution < -0.4 is 4.90 Å². The Kier molecular flexibility index (Phi) is 7.64. The van der Waals surface area contributed by atoms with Gasteiger partial charge in [0.1, 0.15) is 11.2 Å². The zero-order chi connectivity index (χ0) is 44.7. The third kappa shape index (κ3) is 5.18. The Balaban J connectivity index is 0.951. The first-order chi connectivity index (χ1) is 34.1. The molecule has 1 spiro atoms. The summed E-state index contributed by atoms with van der Waals surface area (Å²) in [4.78, 5) is 2.53. The number of fused-ring (bicyclic) bond motifs is 13. The monoisotopic (exact) mass is 889 g/mol. The van der Waals surface area contributed by atoms with Gasteiger partial charge in [0.2, 0.25) is 0 Å². The smallest absolute Gasteiger partial charge is 0.137 e. The van der Waals surface area contributed by atoms with E-state index in [2.05, 4.69) is 169 Å². The first-order valence-corrected chi connectivity index (χ1v) is 26.6. The van der Waals surface area contributed by atoms with Gasteiger partial charge in [-0.25, -0.2) is 0 Å². The molecule has 8 aromatic carbocycles. The Morgan fingerprint density at radius 2 is 0.841 bits per heavy atom. The third-order valence-electron chi connectivity index (χ3n) is 19.7. The second-order valence-electron chi connectivity index (χ2n) is 23.2. The van der Waals surface area contributed by atoms with E-state index in [-0.39, 0.29) is 0 Å². The number of furan rings is 1. The molecule has 9 aromatic rings. The molecule has 4 atom stereocenters. The van der Waals surface area contributed by atoms with Crippen LogP contribution in [0.1, 0.15) is 132 Å². The summed E-state index contributed by atoms with van der Waals surface area (Å²) in [6.45, 7) is 0. The summed E-state index contributed by atoms with van der Waals surface area (Å²) in [5.41, 5.74) is 25.9. The van der Waals surface area contributed by atoms with Gasteiger partial charge in [-0.05, 0) is 220 Å². The highest BCUT2D eigenvalue weighted by atomic mass is 16.3. The van der Waals surface area contributed by atoms with E-state index < -0.39 is 5.41 Å². The predicted molar refractivity (Wildman–Crippen MR) is 281 cm³/mol. The lowest BCUT2D eigenvalue weighted by atomic mass is 9.66. The molecule has 0 N–H and O–H groups in total. The average Bonchev–Trinajstić information content (AvgIpc) is 3.91. The maximum absolute atomic E-state index is 6.66. The van der Waals surface area contributed by atoms with E-state index in [4.69, 9.17) is 4.42 Å². The summed E-state index contributed by atoms with van der Waals surface area (Å²) in [7, 11) is 0. The highest BCUT2D eigenvalue weighted by Gasteiger charge is 2.55. The van der Waals surface area contributed by atoms with Crippen molar-refractivity contribution in [3.05, 3.63) is 208 Å². The molecule has 334 valence electrons. The Bertz CT molecular complexity index is 3550. The van der Waals surface area contributed by atoms with Gasteiger partial charge in [0.15, 0.2) is 0 Å². The molecule has 0 aliphatic heterocycles. The molecule has 0 amide bonds. The van der Waals surface area contributed by atoms with Crippen molar-refractivity contribution in [1.29, 1.82) is 0 Å².